The Balaban J connectivity index is 3.49. The Bertz CT molecular complexity index is 172. The Kier molecular flexibility index (Phi) is 8.17. The maximum absolute atomic E-state index is 11.4. The molecule has 4 heteroatoms. The number of carbonyl (C=O) groups is 1. The van der Waals surface area contributed by atoms with Crippen LogP contribution in [-0.4, -0.2) is 51.2 Å². The molecule has 0 saturated carbocycles. The molecule has 82 valence electrons. The lowest BCUT2D eigenvalue weighted by Gasteiger charge is -2.16. The van der Waals surface area contributed by atoms with Crippen molar-refractivity contribution in [1.82, 2.24) is 10.2 Å². The van der Waals surface area contributed by atoms with E-state index in [0.717, 1.165) is 13.0 Å². The zero-order valence-electron chi connectivity index (χ0n) is 9.08. The quantitative estimate of drug-likeness (QED) is 0.451. The second kappa shape index (κ2) is 8.72. The molecule has 0 saturated heterocycles. The van der Waals surface area contributed by atoms with Crippen LogP contribution in [0.1, 0.15) is 6.42 Å². The smallest absolute Gasteiger partial charge is 0.236 e. The first kappa shape index (κ1) is 13.1. The first-order chi connectivity index (χ1) is 6.72. The Morgan fingerprint density at radius 1 is 1.64 bits per heavy atom. The molecule has 0 aliphatic rings. The number of nitrogens with zero attached hydrogens (tertiary/aromatic N) is 1. The molecule has 0 spiro atoms. The highest BCUT2D eigenvalue weighted by Gasteiger charge is 2.06. The molecule has 1 N–H and O–H groups in total. The average Bonchev–Trinajstić information content (AvgIpc) is 2.18. The highest BCUT2D eigenvalue weighted by Crippen LogP contribution is 1.88. The molecule has 0 aromatic heterocycles. The summed E-state index contributed by atoms with van der Waals surface area (Å²) < 4.78 is 4.90. The van der Waals surface area contributed by atoms with E-state index in [4.69, 9.17) is 4.74 Å². The van der Waals surface area contributed by atoms with Crippen molar-refractivity contribution in [3.05, 3.63) is 12.7 Å². The third kappa shape index (κ3) is 6.62. The summed E-state index contributed by atoms with van der Waals surface area (Å²) >= 11 is 0. The summed E-state index contributed by atoms with van der Waals surface area (Å²) in [6, 6.07) is 0. The van der Waals surface area contributed by atoms with Crippen LogP contribution >= 0.6 is 0 Å². The van der Waals surface area contributed by atoms with Gasteiger partial charge in [0.15, 0.2) is 0 Å². The number of rotatable bonds is 8. The van der Waals surface area contributed by atoms with E-state index in [1.807, 2.05) is 0 Å². The summed E-state index contributed by atoms with van der Waals surface area (Å²) in [6.45, 7) is 6.02. The lowest BCUT2D eigenvalue weighted by atomic mass is 10.4. The number of carbonyl (C=O) groups excluding carboxylic acids is 1. The van der Waals surface area contributed by atoms with E-state index in [2.05, 4.69) is 11.9 Å². The van der Waals surface area contributed by atoms with Gasteiger partial charge in [0.1, 0.15) is 0 Å². The van der Waals surface area contributed by atoms with Crippen molar-refractivity contribution in [2.75, 3.05) is 40.4 Å². The van der Waals surface area contributed by atoms with Gasteiger partial charge in [-0.05, 0) is 6.42 Å². The topological polar surface area (TPSA) is 41.6 Å². The van der Waals surface area contributed by atoms with E-state index in [-0.39, 0.29) is 5.91 Å². The second-order valence-corrected chi connectivity index (χ2v) is 3.08. The molecule has 0 fully saturated rings. The van der Waals surface area contributed by atoms with E-state index in [9.17, 15) is 4.79 Å². The monoisotopic (exact) mass is 200 g/mol. The standard InChI is InChI=1S/C10H20N2O2/c1-4-6-11-9-10(13)12(2)7-5-8-14-3/h4,11H,1,5-9H2,2-3H3. The van der Waals surface area contributed by atoms with Gasteiger partial charge in [-0.25, -0.2) is 0 Å². The van der Waals surface area contributed by atoms with E-state index in [0.29, 0.717) is 19.7 Å². The molecular weight excluding hydrogens is 180 g/mol. The number of hydrogen-bond donors (Lipinski definition) is 1. The molecule has 0 unspecified atom stereocenters. The van der Waals surface area contributed by atoms with Crippen molar-refractivity contribution in [1.29, 1.82) is 0 Å². The average molecular weight is 200 g/mol. The summed E-state index contributed by atoms with van der Waals surface area (Å²) in [5.74, 6) is 0.1000. The van der Waals surface area contributed by atoms with Gasteiger partial charge in [-0.15, -0.1) is 6.58 Å². The first-order valence-corrected chi connectivity index (χ1v) is 4.77. The molecule has 14 heavy (non-hydrogen) atoms. The van der Waals surface area contributed by atoms with Gasteiger partial charge in [0.25, 0.3) is 0 Å². The van der Waals surface area contributed by atoms with Crippen molar-refractivity contribution >= 4 is 5.91 Å². The Hall–Kier alpha value is -0.870. The lowest BCUT2D eigenvalue weighted by Crippen LogP contribution is -2.36. The van der Waals surface area contributed by atoms with Crippen LogP contribution in [0.5, 0.6) is 0 Å². The number of nitrogens with one attached hydrogen (secondary N) is 1. The molecule has 4 nitrogen and oxygen atoms in total. The summed E-state index contributed by atoms with van der Waals surface area (Å²) in [6.07, 6.45) is 2.61. The third-order valence-corrected chi connectivity index (χ3v) is 1.83. The van der Waals surface area contributed by atoms with Crippen LogP contribution in [0.15, 0.2) is 12.7 Å². The summed E-state index contributed by atoms with van der Waals surface area (Å²) in [7, 11) is 3.46. The van der Waals surface area contributed by atoms with Gasteiger partial charge in [-0.2, -0.15) is 0 Å². The van der Waals surface area contributed by atoms with Gasteiger partial charge in [-0.3, -0.25) is 4.79 Å². The van der Waals surface area contributed by atoms with Crippen LogP contribution in [-0.2, 0) is 9.53 Å². The van der Waals surface area contributed by atoms with Crippen LogP contribution in [0, 0.1) is 0 Å². The molecule has 0 aromatic carbocycles. The molecule has 0 bridgehead atoms. The highest BCUT2D eigenvalue weighted by molar-refractivity contribution is 5.77. The summed E-state index contributed by atoms with van der Waals surface area (Å²) in [5.41, 5.74) is 0. The molecule has 0 radical (unpaired) electrons. The zero-order chi connectivity index (χ0) is 10.8. The fourth-order valence-corrected chi connectivity index (χ4v) is 0.987. The zero-order valence-corrected chi connectivity index (χ0v) is 9.08. The number of likely N-dealkylation sites (N-methyl/N-ethyl adjacent to an activating group) is 1. The highest BCUT2D eigenvalue weighted by atomic mass is 16.5. The van der Waals surface area contributed by atoms with Crippen molar-refractivity contribution in [3.8, 4) is 0 Å². The first-order valence-electron chi connectivity index (χ1n) is 4.77. The van der Waals surface area contributed by atoms with Crippen molar-refractivity contribution in [2.24, 2.45) is 0 Å². The minimum atomic E-state index is 0.1000. The largest absolute Gasteiger partial charge is 0.385 e. The Morgan fingerprint density at radius 3 is 2.93 bits per heavy atom. The lowest BCUT2D eigenvalue weighted by molar-refractivity contribution is -0.129. The van der Waals surface area contributed by atoms with E-state index in [1.165, 1.54) is 0 Å². The number of amides is 1. The van der Waals surface area contributed by atoms with Crippen LogP contribution in [0.25, 0.3) is 0 Å². The van der Waals surface area contributed by atoms with E-state index in [1.54, 1.807) is 25.1 Å². The van der Waals surface area contributed by atoms with E-state index < -0.39 is 0 Å². The molecule has 0 aliphatic heterocycles. The SMILES string of the molecule is C=CCNCC(=O)N(C)CCCOC. The van der Waals surface area contributed by atoms with E-state index >= 15 is 0 Å². The van der Waals surface area contributed by atoms with Crippen molar-refractivity contribution in [2.45, 2.75) is 6.42 Å². The van der Waals surface area contributed by atoms with Gasteiger partial charge in [-0.1, -0.05) is 6.08 Å². The Labute approximate surface area is 85.9 Å². The second-order valence-electron chi connectivity index (χ2n) is 3.08. The maximum Gasteiger partial charge on any atom is 0.236 e. The van der Waals surface area contributed by atoms with Gasteiger partial charge in [0, 0.05) is 33.9 Å². The molecular formula is C10H20N2O2. The fraction of sp³-hybridized carbons (Fsp3) is 0.700. The number of methoxy groups -OCH3 is 1. The van der Waals surface area contributed by atoms with Crippen molar-refractivity contribution < 1.29 is 9.53 Å². The molecule has 1 amide bonds. The van der Waals surface area contributed by atoms with Crippen LogP contribution in [0.4, 0.5) is 0 Å². The van der Waals surface area contributed by atoms with Crippen LogP contribution in [0.2, 0.25) is 0 Å². The predicted molar refractivity (Wildman–Crippen MR) is 57.2 cm³/mol. The van der Waals surface area contributed by atoms with Gasteiger partial charge >= 0.3 is 0 Å². The number of ether oxygens (including phenoxy) is 1. The molecule has 0 rings (SSSR count). The van der Waals surface area contributed by atoms with Crippen LogP contribution < -0.4 is 5.32 Å². The summed E-state index contributed by atoms with van der Waals surface area (Å²) in [4.78, 5) is 13.1. The van der Waals surface area contributed by atoms with Crippen molar-refractivity contribution in [3.63, 3.8) is 0 Å². The normalized spacial score (nSPS) is 9.86. The molecule has 0 aliphatic carbocycles. The molecule has 0 heterocycles. The van der Waals surface area contributed by atoms with Gasteiger partial charge < -0.3 is 15.0 Å². The maximum atomic E-state index is 11.4. The fourth-order valence-electron chi connectivity index (χ4n) is 0.987. The summed E-state index contributed by atoms with van der Waals surface area (Å²) in [5, 5.41) is 2.97. The van der Waals surface area contributed by atoms with Gasteiger partial charge in [0.2, 0.25) is 5.91 Å². The molecule has 0 atom stereocenters. The molecule has 0 aromatic rings. The minimum absolute atomic E-state index is 0.1000. The van der Waals surface area contributed by atoms with Gasteiger partial charge in [0.05, 0.1) is 6.54 Å². The number of hydrogen-bond acceptors (Lipinski definition) is 3. The van der Waals surface area contributed by atoms with Crippen LogP contribution in [0.3, 0.4) is 0 Å². The third-order valence-electron chi connectivity index (χ3n) is 1.83. The Morgan fingerprint density at radius 2 is 2.36 bits per heavy atom. The minimum Gasteiger partial charge on any atom is -0.385 e. The predicted octanol–water partition coefficient (Wildman–Crippen LogP) is 0.257.